The number of hydrogen-bond donors (Lipinski definition) is 0. The largest absolute Gasteiger partial charge is 0.338 e. The highest BCUT2D eigenvalue weighted by Crippen LogP contribution is 2.28. The molecule has 3 heterocycles. The van der Waals surface area contributed by atoms with Crippen molar-refractivity contribution in [3.8, 4) is 0 Å². The lowest BCUT2D eigenvalue weighted by Crippen LogP contribution is -2.28. The van der Waals surface area contributed by atoms with Crippen LogP contribution in [0.25, 0.3) is 5.52 Å². The highest BCUT2D eigenvalue weighted by Gasteiger charge is 2.28. The van der Waals surface area contributed by atoms with Gasteiger partial charge in [-0.05, 0) is 24.1 Å². The molecule has 0 aliphatic carbocycles. The SMILES string of the molecule is O=C(c1cccn2cncc12)N1CCC(c2ccccc2)C1. The number of amides is 1. The van der Waals surface area contributed by atoms with E-state index in [9.17, 15) is 4.79 Å². The molecular formula is C18H17N3O. The van der Waals surface area contributed by atoms with E-state index in [0.717, 1.165) is 30.6 Å². The van der Waals surface area contributed by atoms with Gasteiger partial charge in [-0.25, -0.2) is 4.98 Å². The Bertz CT molecular complexity index is 809. The Morgan fingerprint density at radius 2 is 2.00 bits per heavy atom. The summed E-state index contributed by atoms with van der Waals surface area (Å²) in [7, 11) is 0. The molecule has 3 aromatic rings. The number of carbonyl (C=O) groups excluding carboxylic acids is 1. The summed E-state index contributed by atoms with van der Waals surface area (Å²) >= 11 is 0. The number of imidazole rings is 1. The minimum absolute atomic E-state index is 0.101. The maximum atomic E-state index is 12.8. The first-order chi connectivity index (χ1) is 10.8. The Morgan fingerprint density at radius 3 is 2.86 bits per heavy atom. The molecule has 1 amide bonds. The minimum atomic E-state index is 0.101. The number of likely N-dealkylation sites (tertiary alicyclic amines) is 1. The summed E-state index contributed by atoms with van der Waals surface area (Å²) in [5.74, 6) is 0.541. The molecule has 1 unspecified atom stereocenters. The molecule has 4 rings (SSSR count). The fourth-order valence-corrected chi connectivity index (χ4v) is 3.24. The molecule has 110 valence electrons. The van der Waals surface area contributed by atoms with Crippen molar-refractivity contribution in [2.24, 2.45) is 0 Å². The Hall–Kier alpha value is -2.62. The van der Waals surface area contributed by atoms with E-state index in [1.807, 2.05) is 33.7 Å². The molecule has 1 aliphatic heterocycles. The van der Waals surface area contributed by atoms with Gasteiger partial charge in [-0.15, -0.1) is 0 Å². The Balaban J connectivity index is 1.58. The molecule has 4 heteroatoms. The van der Waals surface area contributed by atoms with Gasteiger partial charge in [0.1, 0.15) is 0 Å². The van der Waals surface area contributed by atoms with Crippen molar-refractivity contribution in [1.29, 1.82) is 0 Å². The summed E-state index contributed by atoms with van der Waals surface area (Å²) in [6.45, 7) is 1.60. The van der Waals surface area contributed by atoms with Gasteiger partial charge >= 0.3 is 0 Å². The van der Waals surface area contributed by atoms with Crippen molar-refractivity contribution in [2.75, 3.05) is 13.1 Å². The molecule has 4 nitrogen and oxygen atoms in total. The van der Waals surface area contributed by atoms with E-state index < -0.39 is 0 Å². The van der Waals surface area contributed by atoms with Crippen molar-refractivity contribution in [2.45, 2.75) is 12.3 Å². The number of carbonyl (C=O) groups is 1. The molecule has 1 saturated heterocycles. The standard InChI is InChI=1S/C18H17N3O/c22-18(16-7-4-9-21-13-19-11-17(16)21)20-10-8-15(12-20)14-5-2-1-3-6-14/h1-7,9,11,13,15H,8,10,12H2. The Kier molecular flexibility index (Phi) is 3.15. The molecule has 0 bridgehead atoms. The first kappa shape index (κ1) is 13.1. The molecule has 2 aromatic heterocycles. The average molecular weight is 291 g/mol. The maximum absolute atomic E-state index is 12.8. The highest BCUT2D eigenvalue weighted by atomic mass is 16.2. The predicted octanol–water partition coefficient (Wildman–Crippen LogP) is 2.96. The molecule has 1 atom stereocenters. The first-order valence-corrected chi connectivity index (χ1v) is 7.58. The summed E-state index contributed by atoms with van der Waals surface area (Å²) in [4.78, 5) is 18.9. The second-order valence-corrected chi connectivity index (χ2v) is 5.76. The lowest BCUT2D eigenvalue weighted by atomic mass is 9.99. The molecule has 0 saturated carbocycles. The number of benzene rings is 1. The van der Waals surface area contributed by atoms with E-state index in [4.69, 9.17) is 0 Å². The Labute approximate surface area is 129 Å². The van der Waals surface area contributed by atoms with E-state index in [0.29, 0.717) is 5.92 Å². The first-order valence-electron chi connectivity index (χ1n) is 7.58. The van der Waals surface area contributed by atoms with Crippen LogP contribution >= 0.6 is 0 Å². The molecule has 0 N–H and O–H groups in total. The number of pyridine rings is 1. The fraction of sp³-hybridized carbons (Fsp3) is 0.222. The smallest absolute Gasteiger partial charge is 0.256 e. The predicted molar refractivity (Wildman–Crippen MR) is 84.9 cm³/mol. The third-order valence-electron chi connectivity index (χ3n) is 4.43. The number of rotatable bonds is 2. The summed E-state index contributed by atoms with van der Waals surface area (Å²) in [5, 5.41) is 0. The van der Waals surface area contributed by atoms with E-state index in [1.54, 1.807) is 12.5 Å². The van der Waals surface area contributed by atoms with Gasteiger partial charge in [0.2, 0.25) is 0 Å². The van der Waals surface area contributed by atoms with Crippen LogP contribution in [0.2, 0.25) is 0 Å². The van der Waals surface area contributed by atoms with Crippen molar-refractivity contribution in [3.63, 3.8) is 0 Å². The topological polar surface area (TPSA) is 37.6 Å². The van der Waals surface area contributed by atoms with Crippen LogP contribution in [-0.4, -0.2) is 33.3 Å². The zero-order valence-corrected chi connectivity index (χ0v) is 12.2. The van der Waals surface area contributed by atoms with Crippen LogP contribution in [-0.2, 0) is 0 Å². The van der Waals surface area contributed by atoms with Gasteiger partial charge in [0.05, 0.1) is 23.6 Å². The molecular weight excluding hydrogens is 274 g/mol. The fourth-order valence-electron chi connectivity index (χ4n) is 3.24. The van der Waals surface area contributed by atoms with Crippen LogP contribution in [0.15, 0.2) is 61.2 Å². The zero-order valence-electron chi connectivity index (χ0n) is 12.2. The number of aromatic nitrogens is 2. The van der Waals surface area contributed by atoms with E-state index in [1.165, 1.54) is 5.56 Å². The van der Waals surface area contributed by atoms with Gasteiger partial charge in [0, 0.05) is 25.2 Å². The normalized spacial score (nSPS) is 18.0. The highest BCUT2D eigenvalue weighted by molar-refractivity contribution is 6.00. The van der Waals surface area contributed by atoms with Crippen LogP contribution in [0.1, 0.15) is 28.3 Å². The monoisotopic (exact) mass is 291 g/mol. The summed E-state index contributed by atoms with van der Waals surface area (Å²) in [5.41, 5.74) is 2.92. The third-order valence-corrected chi connectivity index (χ3v) is 4.43. The van der Waals surface area contributed by atoms with E-state index in [-0.39, 0.29) is 5.91 Å². The second kappa shape index (κ2) is 5.30. The van der Waals surface area contributed by atoms with Gasteiger partial charge in [-0.3, -0.25) is 4.79 Å². The lowest BCUT2D eigenvalue weighted by Gasteiger charge is -2.17. The van der Waals surface area contributed by atoms with Crippen LogP contribution in [0, 0.1) is 0 Å². The van der Waals surface area contributed by atoms with Gasteiger partial charge in [-0.2, -0.15) is 0 Å². The Morgan fingerprint density at radius 1 is 1.14 bits per heavy atom. The van der Waals surface area contributed by atoms with Crippen molar-refractivity contribution >= 4 is 11.4 Å². The van der Waals surface area contributed by atoms with Gasteiger partial charge in [0.25, 0.3) is 5.91 Å². The van der Waals surface area contributed by atoms with Gasteiger partial charge in [0.15, 0.2) is 0 Å². The van der Waals surface area contributed by atoms with Crippen LogP contribution < -0.4 is 0 Å². The van der Waals surface area contributed by atoms with Crippen LogP contribution in [0.3, 0.4) is 0 Å². The van der Waals surface area contributed by atoms with Crippen molar-refractivity contribution in [1.82, 2.24) is 14.3 Å². The number of fused-ring (bicyclic) bond motifs is 1. The lowest BCUT2D eigenvalue weighted by molar-refractivity contribution is 0.0792. The average Bonchev–Trinajstić information content (AvgIpc) is 3.24. The molecule has 0 radical (unpaired) electrons. The second-order valence-electron chi connectivity index (χ2n) is 5.76. The number of nitrogens with zero attached hydrogens (tertiary/aromatic N) is 3. The van der Waals surface area contributed by atoms with E-state index >= 15 is 0 Å². The third kappa shape index (κ3) is 2.17. The van der Waals surface area contributed by atoms with Crippen molar-refractivity contribution < 1.29 is 4.79 Å². The number of hydrogen-bond acceptors (Lipinski definition) is 2. The van der Waals surface area contributed by atoms with Crippen LogP contribution in [0.4, 0.5) is 0 Å². The van der Waals surface area contributed by atoms with Gasteiger partial charge < -0.3 is 9.30 Å². The summed E-state index contributed by atoms with van der Waals surface area (Å²) < 4.78 is 1.89. The van der Waals surface area contributed by atoms with Crippen LogP contribution in [0.5, 0.6) is 0 Å². The van der Waals surface area contributed by atoms with Gasteiger partial charge in [-0.1, -0.05) is 30.3 Å². The minimum Gasteiger partial charge on any atom is -0.338 e. The molecule has 1 fully saturated rings. The summed E-state index contributed by atoms with van der Waals surface area (Å²) in [6.07, 6.45) is 6.41. The van der Waals surface area contributed by atoms with Crippen molar-refractivity contribution in [3.05, 3.63) is 72.3 Å². The molecule has 0 spiro atoms. The molecule has 1 aromatic carbocycles. The summed E-state index contributed by atoms with van der Waals surface area (Å²) in [6, 6.07) is 14.2. The molecule has 22 heavy (non-hydrogen) atoms. The maximum Gasteiger partial charge on any atom is 0.256 e. The zero-order chi connectivity index (χ0) is 14.9. The van der Waals surface area contributed by atoms with E-state index in [2.05, 4.69) is 29.2 Å². The quantitative estimate of drug-likeness (QED) is 0.728. The molecule has 1 aliphatic rings.